The van der Waals surface area contributed by atoms with E-state index in [1.54, 1.807) is 0 Å². The van der Waals surface area contributed by atoms with Crippen LogP contribution in [0.1, 0.15) is 0 Å². The van der Waals surface area contributed by atoms with Crippen molar-refractivity contribution in [1.82, 2.24) is 0 Å². The molecule has 0 aliphatic carbocycles. The summed E-state index contributed by atoms with van der Waals surface area (Å²) in [6.07, 6.45) is 0. The number of benzene rings is 7. The molecule has 0 aliphatic rings. The van der Waals surface area contributed by atoms with Crippen molar-refractivity contribution in [1.29, 1.82) is 0 Å². The molecule has 0 aromatic heterocycles. The first-order chi connectivity index (χ1) is 29.0. The second-order valence-corrected chi connectivity index (χ2v) is 12.5. The molecule has 0 atom stereocenters. The zero-order chi connectivity index (χ0) is 45.7. The smallest absolute Gasteiger partial charge is 0.519 e. The van der Waals surface area contributed by atoms with E-state index in [-0.39, 0.29) is 12.1 Å². The molecule has 0 aliphatic heterocycles. The highest BCUT2D eigenvalue weighted by Gasteiger charge is 2.42. The van der Waals surface area contributed by atoms with Gasteiger partial charge in [0.25, 0.3) is 0 Å². The zero-order valence-electron chi connectivity index (χ0n) is 28.8. The van der Waals surface area contributed by atoms with Gasteiger partial charge < -0.3 is 9.31 Å². The van der Waals surface area contributed by atoms with Gasteiger partial charge in [0, 0.05) is 17.1 Å². The van der Waals surface area contributed by atoms with Crippen molar-refractivity contribution in [3.8, 4) is 33.8 Å². The van der Waals surface area contributed by atoms with Crippen molar-refractivity contribution in [3.63, 3.8) is 0 Å². The van der Waals surface area contributed by atoms with Crippen LogP contribution in [0, 0.1) is 122 Å². The van der Waals surface area contributed by atoms with Crippen LogP contribution >= 0.6 is 0 Å². The standard InChI is InChI=1S/C38H6BF21O2/c40-7-5-9(18(42)11(41)6-7)8-3-1-2-4-10(8)39(62-38-17(26(50)31(55)34(58)36(38)60)15-24(48)29(53)33(57)30(54)25(15)49)61-37-16-14(23(47)32(56)35(37)59)19(43)12-13(20(16)44)22(46)28(52)27(51)21(12)45/h1-6H. The summed E-state index contributed by atoms with van der Waals surface area (Å²) in [6, 6.07) is 2.70. The van der Waals surface area contributed by atoms with E-state index in [2.05, 4.69) is 0 Å². The fourth-order valence-corrected chi connectivity index (χ4v) is 6.29. The first-order valence-electron chi connectivity index (χ1n) is 16.1. The number of halogens is 21. The summed E-state index contributed by atoms with van der Waals surface area (Å²) in [4.78, 5) is 0. The molecule has 2 nitrogen and oxygen atoms in total. The Balaban J connectivity index is 1.63. The fraction of sp³-hybridized carbons (Fsp3) is 0. The average molecular weight is 904 g/mol. The molecule has 0 fully saturated rings. The Kier molecular flexibility index (Phi) is 10.7. The summed E-state index contributed by atoms with van der Waals surface area (Å²) >= 11 is 0. The first-order valence-corrected chi connectivity index (χ1v) is 16.1. The summed E-state index contributed by atoms with van der Waals surface area (Å²) in [5.41, 5.74) is -9.00. The van der Waals surface area contributed by atoms with Crippen LogP contribution in [0.5, 0.6) is 11.5 Å². The molecule has 0 radical (unpaired) electrons. The quantitative estimate of drug-likeness (QED) is 0.0522. The molecule has 62 heavy (non-hydrogen) atoms. The Morgan fingerprint density at radius 1 is 0.306 bits per heavy atom. The molecule has 0 N–H and O–H groups in total. The van der Waals surface area contributed by atoms with E-state index in [1.165, 1.54) is 0 Å². The van der Waals surface area contributed by atoms with Crippen molar-refractivity contribution < 1.29 is 102 Å². The Bertz CT molecular complexity index is 3090. The van der Waals surface area contributed by atoms with Crippen molar-refractivity contribution in [3.05, 3.63) is 159 Å². The number of hydrogen-bond donors (Lipinski definition) is 0. The third-order valence-corrected chi connectivity index (χ3v) is 9.06. The minimum absolute atomic E-state index is 0.0666. The van der Waals surface area contributed by atoms with Crippen LogP contribution < -0.4 is 14.8 Å². The molecule has 0 amide bonds. The van der Waals surface area contributed by atoms with E-state index in [9.17, 15) is 48.3 Å². The summed E-state index contributed by atoms with van der Waals surface area (Å²) in [6.45, 7) is 0. The molecule has 0 saturated carbocycles. The van der Waals surface area contributed by atoms with Gasteiger partial charge in [0.15, 0.2) is 92.9 Å². The molecular formula is C38H6BF21O2. The molecule has 0 unspecified atom stereocenters. The minimum Gasteiger partial charge on any atom is -0.519 e. The van der Waals surface area contributed by atoms with E-state index in [0.717, 1.165) is 12.1 Å². The molecule has 7 rings (SSSR count). The monoisotopic (exact) mass is 904 g/mol. The maximum atomic E-state index is 16.3. The molecule has 0 saturated heterocycles. The SMILES string of the molecule is Fc1cc(F)c(F)c(-c2ccccc2B(Oc2c(F)c(F)c(F)c(F)c2-c2c(F)c(F)c(F)c(F)c2F)Oc2c(F)c(F)c(F)c3c(F)c4c(F)c(F)c(F)c(F)c4c(F)c23)c1. The van der Waals surface area contributed by atoms with Gasteiger partial charge in [0.2, 0.25) is 23.3 Å². The van der Waals surface area contributed by atoms with Crippen LogP contribution in [0.15, 0.2) is 36.4 Å². The Hall–Kier alpha value is -6.75. The maximum Gasteiger partial charge on any atom is 0.633 e. The summed E-state index contributed by atoms with van der Waals surface area (Å²) in [7, 11) is -3.53. The van der Waals surface area contributed by atoms with E-state index in [1.807, 2.05) is 0 Å². The van der Waals surface area contributed by atoms with E-state index >= 15 is 43.9 Å². The lowest BCUT2D eigenvalue weighted by Crippen LogP contribution is -2.44. The molecular weight excluding hydrogens is 898 g/mol. The minimum atomic E-state index is -3.53. The van der Waals surface area contributed by atoms with Gasteiger partial charge in [-0.2, -0.15) is 8.78 Å². The van der Waals surface area contributed by atoms with E-state index < -0.39 is 190 Å². The van der Waals surface area contributed by atoms with Crippen LogP contribution in [0.25, 0.3) is 43.8 Å². The lowest BCUT2D eigenvalue weighted by Gasteiger charge is -2.24. The highest BCUT2D eigenvalue weighted by Crippen LogP contribution is 2.46. The lowest BCUT2D eigenvalue weighted by molar-refractivity contribution is 0.361. The van der Waals surface area contributed by atoms with Gasteiger partial charge in [0.05, 0.1) is 32.7 Å². The Morgan fingerprint density at radius 3 is 1.24 bits per heavy atom. The van der Waals surface area contributed by atoms with Crippen molar-refractivity contribution in [2.24, 2.45) is 0 Å². The largest absolute Gasteiger partial charge is 0.633 e. The summed E-state index contributed by atoms with van der Waals surface area (Å²) in [5.74, 6) is -63.9. The molecule has 0 spiro atoms. The van der Waals surface area contributed by atoms with Gasteiger partial charge in [-0.3, -0.25) is 0 Å². The molecule has 7 aromatic rings. The average Bonchev–Trinajstić information content (AvgIpc) is 3.24. The van der Waals surface area contributed by atoms with Crippen LogP contribution in [0.3, 0.4) is 0 Å². The van der Waals surface area contributed by atoms with Crippen LogP contribution in [-0.4, -0.2) is 7.12 Å². The first kappa shape index (κ1) is 43.3. The highest BCUT2D eigenvalue weighted by molar-refractivity contribution is 6.64. The van der Waals surface area contributed by atoms with Gasteiger partial charge in [0.1, 0.15) is 17.5 Å². The highest BCUT2D eigenvalue weighted by atomic mass is 19.2. The Labute approximate surface area is 328 Å². The third-order valence-electron chi connectivity index (χ3n) is 9.06. The summed E-state index contributed by atoms with van der Waals surface area (Å²) in [5, 5.41) is -9.29. The van der Waals surface area contributed by atoms with Gasteiger partial charge >= 0.3 is 7.12 Å². The topological polar surface area (TPSA) is 18.5 Å². The second-order valence-electron chi connectivity index (χ2n) is 12.5. The molecule has 7 aromatic carbocycles. The van der Waals surface area contributed by atoms with Crippen molar-refractivity contribution >= 4 is 34.1 Å². The van der Waals surface area contributed by atoms with Gasteiger partial charge in [-0.05, 0) is 11.6 Å². The predicted octanol–water partition coefficient (Wildman–Crippen LogP) is 12.1. The molecule has 0 heterocycles. The molecule has 24 heteroatoms. The van der Waals surface area contributed by atoms with Gasteiger partial charge in [-0.25, -0.2) is 83.4 Å². The second kappa shape index (κ2) is 15.3. The molecule has 0 bridgehead atoms. The van der Waals surface area contributed by atoms with E-state index in [4.69, 9.17) is 9.31 Å². The van der Waals surface area contributed by atoms with Crippen molar-refractivity contribution in [2.45, 2.75) is 0 Å². The summed E-state index contributed by atoms with van der Waals surface area (Å²) < 4.78 is 325. The van der Waals surface area contributed by atoms with Gasteiger partial charge in [-0.1, -0.05) is 24.3 Å². The number of hydrogen-bond acceptors (Lipinski definition) is 2. The van der Waals surface area contributed by atoms with Crippen LogP contribution in [0.4, 0.5) is 92.2 Å². The van der Waals surface area contributed by atoms with Crippen molar-refractivity contribution in [2.75, 3.05) is 0 Å². The third kappa shape index (κ3) is 6.27. The predicted molar refractivity (Wildman–Crippen MR) is 171 cm³/mol. The van der Waals surface area contributed by atoms with E-state index in [0.29, 0.717) is 12.1 Å². The molecule has 320 valence electrons. The lowest BCUT2D eigenvalue weighted by atomic mass is 9.73. The van der Waals surface area contributed by atoms with Crippen LogP contribution in [-0.2, 0) is 0 Å². The van der Waals surface area contributed by atoms with Crippen LogP contribution in [0.2, 0.25) is 0 Å². The fourth-order valence-electron chi connectivity index (χ4n) is 6.29. The number of rotatable bonds is 7. The van der Waals surface area contributed by atoms with Gasteiger partial charge in [-0.15, -0.1) is 0 Å². The maximum absolute atomic E-state index is 16.3. The normalized spacial score (nSPS) is 11.6. The zero-order valence-corrected chi connectivity index (χ0v) is 28.8. The number of fused-ring (bicyclic) bond motifs is 2. The Morgan fingerprint density at radius 2 is 0.694 bits per heavy atom.